The first-order valence-electron chi connectivity index (χ1n) is 7.57. The van der Waals surface area contributed by atoms with Crippen molar-refractivity contribution in [2.45, 2.75) is 0 Å². The summed E-state index contributed by atoms with van der Waals surface area (Å²) >= 11 is 12.1. The molecule has 0 aliphatic carbocycles. The van der Waals surface area contributed by atoms with E-state index in [1.54, 1.807) is 12.1 Å². The van der Waals surface area contributed by atoms with Crippen molar-refractivity contribution in [3.8, 4) is 0 Å². The molecule has 3 aromatic rings. The van der Waals surface area contributed by atoms with Crippen LogP contribution in [-0.2, 0) is 16.6 Å². The quantitative estimate of drug-likeness (QED) is 0.625. The molecule has 124 valence electrons. The van der Waals surface area contributed by atoms with Crippen LogP contribution < -0.4 is 4.90 Å². The average Bonchev–Trinajstić information content (AvgIpc) is 3.06. The fourth-order valence-corrected chi connectivity index (χ4v) is 3.60. The Morgan fingerprint density at radius 3 is 2.52 bits per heavy atom. The number of aryl methyl sites for hydroxylation is 1. The van der Waals surface area contributed by atoms with Crippen LogP contribution >= 0.6 is 23.2 Å². The Morgan fingerprint density at radius 1 is 1.00 bits per heavy atom. The number of imide groups is 1. The number of nitrogens with zero attached hydrogens (tertiary/aromatic N) is 2. The number of para-hydroxylation sites is 1. The van der Waals surface area contributed by atoms with Gasteiger partial charge < -0.3 is 4.57 Å². The summed E-state index contributed by atoms with van der Waals surface area (Å²) in [5.74, 6) is -0.817. The molecule has 2 amide bonds. The van der Waals surface area contributed by atoms with Gasteiger partial charge in [-0.25, -0.2) is 4.90 Å². The Bertz CT molecular complexity index is 1080. The molecule has 0 radical (unpaired) electrons. The fourth-order valence-electron chi connectivity index (χ4n) is 3.11. The first-order valence-corrected chi connectivity index (χ1v) is 8.32. The van der Waals surface area contributed by atoms with Crippen LogP contribution in [0.3, 0.4) is 0 Å². The smallest absolute Gasteiger partial charge is 0.266 e. The minimum atomic E-state index is -0.419. The molecule has 0 atom stereocenters. The predicted molar refractivity (Wildman–Crippen MR) is 99.9 cm³/mol. The van der Waals surface area contributed by atoms with Crippen LogP contribution in [0.2, 0.25) is 10.0 Å². The van der Waals surface area contributed by atoms with Gasteiger partial charge in [-0.1, -0.05) is 41.4 Å². The molecule has 0 saturated carbocycles. The highest BCUT2D eigenvalue weighted by molar-refractivity contribution is 6.46. The highest BCUT2D eigenvalue weighted by Crippen LogP contribution is 2.36. The molecule has 1 aliphatic heterocycles. The normalized spacial score (nSPS) is 14.5. The molecule has 4 rings (SSSR count). The maximum atomic E-state index is 12.9. The van der Waals surface area contributed by atoms with Crippen LogP contribution in [0.1, 0.15) is 5.56 Å². The van der Waals surface area contributed by atoms with Crippen molar-refractivity contribution in [3.05, 3.63) is 70.3 Å². The third-order valence-electron chi connectivity index (χ3n) is 4.26. The maximum Gasteiger partial charge on any atom is 0.266 e. The lowest BCUT2D eigenvalue weighted by Gasteiger charge is -2.16. The van der Waals surface area contributed by atoms with Gasteiger partial charge in [0.1, 0.15) is 0 Å². The van der Waals surface area contributed by atoms with Crippen LogP contribution in [0.4, 0.5) is 5.69 Å². The van der Waals surface area contributed by atoms with E-state index in [1.807, 2.05) is 42.1 Å². The largest absolute Gasteiger partial charge is 0.350 e. The van der Waals surface area contributed by atoms with E-state index in [0.29, 0.717) is 16.3 Å². The number of anilines is 1. The van der Waals surface area contributed by atoms with E-state index in [0.717, 1.165) is 21.4 Å². The molecule has 2 aromatic carbocycles. The van der Waals surface area contributed by atoms with E-state index in [9.17, 15) is 9.59 Å². The number of benzene rings is 2. The molecule has 4 nitrogen and oxygen atoms in total. The molecular formula is C19H12Cl2N2O2. The second kappa shape index (κ2) is 5.76. The van der Waals surface area contributed by atoms with Gasteiger partial charge in [0.25, 0.3) is 11.8 Å². The number of halogens is 2. The number of hydrogen-bond acceptors (Lipinski definition) is 2. The van der Waals surface area contributed by atoms with Gasteiger partial charge >= 0.3 is 0 Å². The third-order valence-corrected chi connectivity index (χ3v) is 4.80. The van der Waals surface area contributed by atoms with Crippen molar-refractivity contribution in [2.24, 2.45) is 7.05 Å². The van der Waals surface area contributed by atoms with Crippen molar-refractivity contribution in [1.29, 1.82) is 0 Å². The molecule has 25 heavy (non-hydrogen) atoms. The van der Waals surface area contributed by atoms with Crippen LogP contribution in [0, 0.1) is 0 Å². The molecule has 0 unspecified atom stereocenters. The van der Waals surface area contributed by atoms with Gasteiger partial charge in [0, 0.05) is 40.8 Å². The molecule has 1 aromatic heterocycles. The Labute approximate surface area is 153 Å². The van der Waals surface area contributed by atoms with Gasteiger partial charge in [-0.3, -0.25) is 9.59 Å². The van der Waals surface area contributed by atoms with Gasteiger partial charge in [0.2, 0.25) is 0 Å². The topological polar surface area (TPSA) is 42.3 Å². The number of rotatable bonds is 2. The number of aromatic nitrogens is 1. The van der Waals surface area contributed by atoms with Crippen LogP contribution in [-0.4, -0.2) is 16.4 Å². The second-order valence-electron chi connectivity index (χ2n) is 5.80. The minimum Gasteiger partial charge on any atom is -0.350 e. The number of fused-ring (bicyclic) bond motifs is 1. The van der Waals surface area contributed by atoms with Crippen molar-refractivity contribution in [1.82, 2.24) is 4.57 Å². The first-order chi connectivity index (χ1) is 12.0. The Morgan fingerprint density at radius 2 is 1.76 bits per heavy atom. The summed E-state index contributed by atoms with van der Waals surface area (Å²) in [5, 5.41) is 1.61. The highest BCUT2D eigenvalue weighted by atomic mass is 35.5. The number of amides is 2. The zero-order valence-corrected chi connectivity index (χ0v) is 14.7. The van der Waals surface area contributed by atoms with Crippen molar-refractivity contribution >= 4 is 57.2 Å². The lowest BCUT2D eigenvalue weighted by atomic mass is 10.1. The summed E-state index contributed by atoms with van der Waals surface area (Å²) in [6.07, 6.45) is 3.21. The standard InChI is InChI=1S/C19H12Cl2N2O2/c1-22-10-14(12-4-2-3-5-16(12)22)13-9-18(24)23(19(13)25)17-7-6-11(20)8-15(17)21/h2-10H,1H3. The van der Waals surface area contributed by atoms with Crippen LogP contribution in [0.5, 0.6) is 0 Å². The van der Waals surface area contributed by atoms with Crippen LogP contribution in [0.25, 0.3) is 16.5 Å². The van der Waals surface area contributed by atoms with Gasteiger partial charge in [-0.05, 0) is 24.3 Å². The molecule has 0 fully saturated rings. The summed E-state index contributed by atoms with van der Waals surface area (Å²) in [6.45, 7) is 0. The van der Waals surface area contributed by atoms with Gasteiger partial charge in [0.05, 0.1) is 16.3 Å². The molecule has 1 aliphatic rings. The molecule has 0 saturated heterocycles. The SMILES string of the molecule is Cn1cc(C2=CC(=O)N(c3ccc(Cl)cc3Cl)C2=O)c2ccccc21. The second-order valence-corrected chi connectivity index (χ2v) is 6.65. The highest BCUT2D eigenvalue weighted by Gasteiger charge is 2.35. The zero-order valence-electron chi connectivity index (χ0n) is 13.2. The summed E-state index contributed by atoms with van der Waals surface area (Å²) in [7, 11) is 1.90. The summed E-state index contributed by atoms with van der Waals surface area (Å²) in [4.78, 5) is 26.5. The van der Waals surface area contributed by atoms with Crippen molar-refractivity contribution in [2.75, 3.05) is 4.90 Å². The van der Waals surface area contributed by atoms with E-state index in [2.05, 4.69) is 0 Å². The minimum absolute atomic E-state index is 0.252. The Kier molecular flexibility index (Phi) is 3.67. The third kappa shape index (κ3) is 2.46. The average molecular weight is 371 g/mol. The lowest BCUT2D eigenvalue weighted by molar-refractivity contribution is -0.119. The number of carbonyl (C=O) groups excluding carboxylic acids is 2. The van der Waals surface area contributed by atoms with Crippen LogP contribution in [0.15, 0.2) is 54.7 Å². The first kappa shape index (κ1) is 15.9. The Balaban J connectivity index is 1.82. The molecule has 0 spiro atoms. The molecule has 0 bridgehead atoms. The lowest BCUT2D eigenvalue weighted by Crippen LogP contribution is -2.30. The summed E-state index contributed by atoms with van der Waals surface area (Å²) < 4.78 is 1.93. The molecule has 2 heterocycles. The zero-order chi connectivity index (χ0) is 17.7. The van der Waals surface area contributed by atoms with Gasteiger partial charge in [-0.2, -0.15) is 0 Å². The number of hydrogen-bond donors (Lipinski definition) is 0. The molecule has 0 N–H and O–H groups in total. The maximum absolute atomic E-state index is 12.9. The predicted octanol–water partition coefficient (Wildman–Crippen LogP) is 4.44. The van der Waals surface area contributed by atoms with Gasteiger partial charge in [0.15, 0.2) is 0 Å². The van der Waals surface area contributed by atoms with E-state index in [1.165, 1.54) is 12.1 Å². The van der Waals surface area contributed by atoms with Crippen molar-refractivity contribution in [3.63, 3.8) is 0 Å². The van der Waals surface area contributed by atoms with E-state index in [-0.39, 0.29) is 5.02 Å². The molecular weight excluding hydrogens is 359 g/mol. The number of carbonyl (C=O) groups is 2. The van der Waals surface area contributed by atoms with E-state index in [4.69, 9.17) is 23.2 Å². The van der Waals surface area contributed by atoms with E-state index < -0.39 is 11.8 Å². The summed E-state index contributed by atoms with van der Waals surface area (Å²) in [5.41, 5.74) is 2.39. The fraction of sp³-hybridized carbons (Fsp3) is 0.0526. The van der Waals surface area contributed by atoms with Gasteiger partial charge in [-0.15, -0.1) is 0 Å². The monoisotopic (exact) mass is 370 g/mol. The summed E-state index contributed by atoms with van der Waals surface area (Å²) in [6, 6.07) is 12.4. The van der Waals surface area contributed by atoms with E-state index >= 15 is 0 Å². The van der Waals surface area contributed by atoms with Crippen molar-refractivity contribution < 1.29 is 9.59 Å². The Hall–Kier alpha value is -2.56. The molecule has 6 heteroatoms.